The van der Waals surface area contributed by atoms with Crippen LogP contribution in [0.15, 0.2) is 0 Å². The van der Waals surface area contributed by atoms with E-state index in [-0.39, 0.29) is 378 Å². The molecule has 0 atom stereocenters. The molecular weight excluding hydrogens is 1480 g/mol. The van der Waals surface area contributed by atoms with E-state index in [1.54, 1.807) is 0 Å². The monoisotopic (exact) mass is 1560 g/mol. The largest absolute Gasteiger partial charge is 1.00 e. The second-order valence-corrected chi connectivity index (χ2v) is 9.58. The summed E-state index contributed by atoms with van der Waals surface area (Å²) in [6, 6.07) is 0. The molecule has 305 valence electrons. The predicted molar refractivity (Wildman–Crippen MR) is 226 cm³/mol. The Balaban J connectivity index is -0.0000000335. The van der Waals surface area contributed by atoms with Gasteiger partial charge in [0.05, 0.1) is 165 Å². The Hall–Kier alpha value is 11.1. The molecule has 0 amide bonds. The average Bonchev–Trinajstić information content (AvgIpc) is 3.05. The molecule has 0 aromatic carbocycles. The molecule has 0 aromatic heterocycles. The van der Waals surface area contributed by atoms with E-state index in [4.69, 9.17) is 55.1 Å². The molecule has 57 heavy (non-hydrogen) atoms. The molecule has 17 N–H and O–H groups in total. The fourth-order valence-electron chi connectivity index (χ4n) is 3.20. The number of ether oxygens (including phenoxy) is 8. The molecule has 2 rings (SSSR count). The molecule has 29 heteroatoms. The molecule has 2 aliphatic rings. The van der Waals surface area contributed by atoms with Crippen molar-refractivity contribution in [1.29, 1.82) is 0 Å². The summed E-state index contributed by atoms with van der Waals surface area (Å²) in [6.07, 6.45) is 0. The van der Waals surface area contributed by atoms with E-state index in [2.05, 4.69) is 27.0 Å². The van der Waals surface area contributed by atoms with Gasteiger partial charge in [0.15, 0.2) is 0 Å². The number of rotatable bonds is 2. The van der Waals surface area contributed by atoms with E-state index in [1.807, 2.05) is 0 Å². The summed E-state index contributed by atoms with van der Waals surface area (Å²) < 4.78 is 43.6. The van der Waals surface area contributed by atoms with Crippen molar-refractivity contribution in [2.24, 2.45) is 17.2 Å². The van der Waals surface area contributed by atoms with E-state index in [1.165, 1.54) is 0 Å². The zero-order valence-electron chi connectivity index (χ0n) is 36.3. The van der Waals surface area contributed by atoms with Gasteiger partial charge in [0, 0.05) is 236 Å². The number of quaternary nitrogens is 5. The third-order valence-electron chi connectivity index (χ3n) is 5.59. The van der Waals surface area contributed by atoms with E-state index in [0.717, 1.165) is 112 Å². The first-order valence-corrected chi connectivity index (χ1v) is 16.6. The van der Waals surface area contributed by atoms with E-state index < -0.39 is 0 Å². The second kappa shape index (κ2) is 112. The Morgan fingerprint density at radius 1 is 0.316 bits per heavy atom. The van der Waals surface area contributed by atoms with Gasteiger partial charge in [0.1, 0.15) is 0 Å². The smallest absolute Gasteiger partial charge is 0.373 e. The van der Waals surface area contributed by atoms with Crippen molar-refractivity contribution in [2.75, 3.05) is 184 Å². The van der Waals surface area contributed by atoms with Crippen LogP contribution in [0.1, 0.15) is 0 Å². The summed E-state index contributed by atoms with van der Waals surface area (Å²) in [4.78, 5) is 0. The molecule has 16 nitrogen and oxygen atoms in total. The third-order valence-corrected chi connectivity index (χ3v) is 5.59. The predicted octanol–water partition coefficient (Wildman–Crippen LogP) is -21.3. The summed E-state index contributed by atoms with van der Waals surface area (Å²) >= 11 is 0. The summed E-state index contributed by atoms with van der Waals surface area (Å²) in [6.45, 7) is 22.3. The Morgan fingerprint density at radius 3 is 0.526 bits per heavy atom. The van der Waals surface area contributed by atoms with Gasteiger partial charge in [-0.1, -0.05) is 0 Å². The standard InChI is InChI=1S/2C12H26N2O4.2C2H8N2.9Ge.2K.2Rb/c2*1-5-15-9-10-17-7-3-14-4-8-18-12-11-16-6-2-13-1;2*3-1-2-4;;;;;;;;;;;;;/h2*13-14H,1-12H2;2*1-4H2;;;;;;;;;;;;;/q;;;;;;;;;;;;;2*+1;;+1/p+5. The molecule has 0 aromatic rings. The summed E-state index contributed by atoms with van der Waals surface area (Å²) in [5.41, 5.74) is 18.2. The van der Waals surface area contributed by atoms with Crippen LogP contribution in [-0.2, 0) is 37.9 Å². The van der Waals surface area contributed by atoms with Crippen molar-refractivity contribution >= 4 is 217 Å². The fraction of sp³-hybridized carbons (Fsp3) is 1.00. The quantitative estimate of drug-likeness (QED) is 0.121. The SMILES string of the molecule is C1COCCOCC[NH2+]CCOCCOCC[NH2+]1.C1COCCOCC[NH2+]CCOCCOCC[NH2+]1.NCCN.NCC[NH3+].[Ge].[Ge].[Ge].[Ge].[Ge].[Ge].[Ge].[Ge].[Ge].[K+].[K+].[Rb+].[Rb]. The zero-order chi connectivity index (χ0) is 32.3. The van der Waals surface area contributed by atoms with Crippen LogP contribution in [0.5, 0.6) is 0 Å². The van der Waals surface area contributed by atoms with Crippen LogP contribution in [-0.4, -0.2) is 401 Å². The van der Waals surface area contributed by atoms with Crippen molar-refractivity contribution in [3.8, 4) is 0 Å². The van der Waals surface area contributed by atoms with Crippen LogP contribution in [0.3, 0.4) is 0 Å². The summed E-state index contributed by atoms with van der Waals surface area (Å²) in [5, 5.41) is 8.83. The van der Waals surface area contributed by atoms with Crippen LogP contribution in [0.4, 0.5) is 0 Å². The summed E-state index contributed by atoms with van der Waals surface area (Å²) in [7, 11) is 0. The van der Waals surface area contributed by atoms with Crippen molar-refractivity contribution in [3.63, 3.8) is 0 Å². The van der Waals surface area contributed by atoms with Crippen LogP contribution >= 0.6 is 0 Å². The fourth-order valence-corrected chi connectivity index (χ4v) is 3.20. The van der Waals surface area contributed by atoms with Crippen molar-refractivity contribution in [2.45, 2.75) is 0 Å². The van der Waals surface area contributed by atoms with Crippen molar-refractivity contribution in [1.82, 2.24) is 0 Å². The van der Waals surface area contributed by atoms with E-state index in [9.17, 15) is 0 Å². The average molecular weight is 1550 g/mol. The van der Waals surface area contributed by atoms with Gasteiger partial charge in [-0.2, -0.15) is 0 Å². The molecule has 0 saturated carbocycles. The zero-order valence-corrected chi connectivity index (χ0v) is 71.3. The molecule has 37 radical (unpaired) electrons. The molecule has 2 fully saturated rings. The Labute approximate surface area is 628 Å². The van der Waals surface area contributed by atoms with E-state index in [0.29, 0.717) is 72.5 Å². The normalized spacial score (nSPS) is 16.2. The van der Waals surface area contributed by atoms with Crippen LogP contribution < -0.4 is 205 Å². The number of hydrogen-bond donors (Lipinski definition) is 8. The van der Waals surface area contributed by atoms with Crippen LogP contribution in [0.25, 0.3) is 0 Å². The number of nitrogens with two attached hydrogens (primary N) is 7. The van der Waals surface area contributed by atoms with Gasteiger partial charge in [0.25, 0.3) is 0 Å². The van der Waals surface area contributed by atoms with Crippen molar-refractivity contribution in [3.05, 3.63) is 0 Å². The Bertz CT molecular complexity index is 349. The van der Waals surface area contributed by atoms with Gasteiger partial charge >= 0.3 is 161 Å². The van der Waals surface area contributed by atoms with E-state index >= 15 is 0 Å². The Morgan fingerprint density at radius 2 is 0.439 bits per heavy atom. The molecule has 2 heterocycles. The maximum absolute atomic E-state index is 5.45. The van der Waals surface area contributed by atoms with Crippen LogP contribution in [0.2, 0.25) is 0 Å². The molecule has 2 saturated heterocycles. The maximum Gasteiger partial charge on any atom is 1.00 e. The first-order valence-electron chi connectivity index (χ1n) is 16.6. The van der Waals surface area contributed by atoms with Gasteiger partial charge in [0.2, 0.25) is 0 Å². The van der Waals surface area contributed by atoms with Gasteiger partial charge in [-0.15, -0.1) is 0 Å². The molecule has 0 spiro atoms. The van der Waals surface area contributed by atoms with Gasteiger partial charge < -0.3 is 82.1 Å². The minimum atomic E-state index is 0. The molecule has 2 aliphatic heterocycles. The third kappa shape index (κ3) is 118. The molecule has 0 bridgehead atoms. The summed E-state index contributed by atoms with van der Waals surface area (Å²) in [5.74, 6) is 0. The van der Waals surface area contributed by atoms with Gasteiger partial charge in [-0.3, -0.25) is 0 Å². The minimum Gasteiger partial charge on any atom is -0.373 e. The van der Waals surface area contributed by atoms with Crippen LogP contribution in [0, 0.1) is 0 Å². The minimum absolute atomic E-state index is 0. The second-order valence-electron chi connectivity index (χ2n) is 9.58. The topological polar surface area (TPSA) is 246 Å². The van der Waals surface area contributed by atoms with Gasteiger partial charge in [-0.05, 0) is 0 Å². The van der Waals surface area contributed by atoms with Gasteiger partial charge in [-0.25, -0.2) is 0 Å². The maximum atomic E-state index is 5.45. The first kappa shape index (κ1) is 109. The molecular formula is C28H73Ge9K2N8O8Rb2+8. The first-order chi connectivity index (χ1) is 21.8. The van der Waals surface area contributed by atoms with Crippen molar-refractivity contribution < 1.29 is 226 Å². The Kier molecular flexibility index (Phi) is 214. The molecule has 0 aliphatic carbocycles. The molecule has 0 unspecified atom stereocenters. The number of hydrogen-bond acceptors (Lipinski definition) is 11.